The molecule has 4 rings (SSSR count). The van der Waals surface area contributed by atoms with Crippen molar-refractivity contribution in [2.45, 2.75) is 0 Å². The third-order valence-corrected chi connectivity index (χ3v) is 6.04. The van der Waals surface area contributed by atoms with Gasteiger partial charge in [-0.05, 0) is 36.4 Å². The van der Waals surface area contributed by atoms with Crippen LogP contribution in [-0.4, -0.2) is 43.3 Å². The van der Waals surface area contributed by atoms with Crippen LogP contribution >= 0.6 is 11.6 Å². The molecule has 1 heterocycles. The number of carboxylic acids is 1. The lowest BCUT2D eigenvalue weighted by molar-refractivity contribution is 0.0693. The van der Waals surface area contributed by atoms with Gasteiger partial charge in [-0.15, -0.1) is 0 Å². The molecule has 0 bridgehead atoms. The molecule has 0 unspecified atom stereocenters. The number of nitrogens with one attached hydrogen (secondary N) is 1. The van der Waals surface area contributed by atoms with Gasteiger partial charge in [0, 0.05) is 39.7 Å². The lowest BCUT2D eigenvalue weighted by Gasteiger charge is -2.15. The van der Waals surface area contributed by atoms with E-state index >= 15 is 4.39 Å². The third-order valence-electron chi connectivity index (χ3n) is 5.80. The van der Waals surface area contributed by atoms with Crippen LogP contribution in [0.5, 0.6) is 11.5 Å². The number of halogens is 2. The number of aromatic carboxylic acids is 1. The van der Waals surface area contributed by atoms with Crippen LogP contribution in [0.15, 0.2) is 88.8 Å². The molecule has 3 aromatic rings. The molecule has 0 saturated heterocycles. The average Bonchev–Trinajstić information content (AvgIpc) is 3.04. The number of nitrogens with zero attached hydrogens (tertiary/aromatic N) is 2. The highest BCUT2D eigenvalue weighted by Crippen LogP contribution is 2.32. The summed E-state index contributed by atoms with van der Waals surface area (Å²) in [5, 5.41) is 12.8. The van der Waals surface area contributed by atoms with E-state index in [1.807, 2.05) is 0 Å². The van der Waals surface area contributed by atoms with Gasteiger partial charge in [-0.25, -0.2) is 14.2 Å². The molecule has 4 N–H and O–H groups in total. The van der Waals surface area contributed by atoms with E-state index < -0.39 is 11.8 Å². The Bertz CT molecular complexity index is 1530. The van der Waals surface area contributed by atoms with E-state index in [0.29, 0.717) is 44.6 Å². The number of nitrogens with two attached hydrogens (primary N) is 1. The fourth-order valence-electron chi connectivity index (χ4n) is 4.07. The second-order valence-electron chi connectivity index (χ2n) is 8.12. The van der Waals surface area contributed by atoms with Gasteiger partial charge in [0.15, 0.2) is 0 Å². The Morgan fingerprint density at radius 1 is 1.16 bits per heavy atom. The van der Waals surface area contributed by atoms with Gasteiger partial charge in [0.05, 0.1) is 37.8 Å². The number of carbonyl (C=O) groups is 1. The zero-order valence-electron chi connectivity index (χ0n) is 20.6. The number of aliphatic imine (C=N–C) groups is 2. The molecule has 0 spiro atoms. The normalized spacial score (nSPS) is 14.9. The minimum atomic E-state index is -1.11. The molecule has 1 aliphatic heterocycles. The summed E-state index contributed by atoms with van der Waals surface area (Å²) in [6.07, 6.45) is 1.39. The van der Waals surface area contributed by atoms with Crippen LogP contribution in [0.25, 0.3) is 0 Å². The summed E-state index contributed by atoms with van der Waals surface area (Å²) >= 11 is 6.35. The van der Waals surface area contributed by atoms with E-state index in [1.165, 1.54) is 38.6 Å². The zero-order valence-corrected chi connectivity index (χ0v) is 21.3. The summed E-state index contributed by atoms with van der Waals surface area (Å²) in [7, 11) is 2.84. The first-order valence-corrected chi connectivity index (χ1v) is 11.7. The minimum Gasteiger partial charge on any atom is -0.496 e. The van der Waals surface area contributed by atoms with E-state index in [0.717, 1.165) is 0 Å². The second-order valence-corrected chi connectivity index (χ2v) is 8.55. The molecule has 0 aliphatic carbocycles. The van der Waals surface area contributed by atoms with Crippen molar-refractivity contribution in [3.8, 4) is 11.5 Å². The fourth-order valence-corrected chi connectivity index (χ4v) is 4.25. The van der Waals surface area contributed by atoms with Crippen molar-refractivity contribution in [3.63, 3.8) is 0 Å². The number of hydrogen-bond donors (Lipinski definition) is 3. The molecule has 3 aromatic carbocycles. The number of rotatable bonds is 7. The highest BCUT2D eigenvalue weighted by molar-refractivity contribution is 6.32. The number of hydrogen-bond acceptors (Lipinski definition) is 7. The van der Waals surface area contributed by atoms with Crippen LogP contribution < -0.4 is 20.5 Å². The second kappa shape index (κ2) is 11.2. The van der Waals surface area contributed by atoms with Gasteiger partial charge < -0.3 is 25.6 Å². The van der Waals surface area contributed by atoms with Crippen LogP contribution in [0.2, 0.25) is 5.02 Å². The predicted octanol–water partition coefficient (Wildman–Crippen LogP) is 5.26. The van der Waals surface area contributed by atoms with Crippen molar-refractivity contribution in [1.29, 1.82) is 0 Å². The SMILES string of the molecule is C=C(N=C1/C(=C\N)CN=C(c2c(F)cccc2OC)c2cc(Cl)ccc21)Nc1ccc(C(=O)O)c(OC)c1. The van der Waals surface area contributed by atoms with Crippen molar-refractivity contribution in [3.05, 3.63) is 112 Å². The Kier molecular flexibility index (Phi) is 7.78. The molecule has 0 radical (unpaired) electrons. The Hall–Kier alpha value is -4.63. The summed E-state index contributed by atoms with van der Waals surface area (Å²) in [5.41, 5.74) is 9.21. The van der Waals surface area contributed by atoms with Crippen LogP contribution in [-0.2, 0) is 0 Å². The van der Waals surface area contributed by atoms with Crippen molar-refractivity contribution >= 4 is 34.7 Å². The van der Waals surface area contributed by atoms with Crippen LogP contribution in [0.4, 0.5) is 10.1 Å². The van der Waals surface area contributed by atoms with Crippen molar-refractivity contribution in [2.24, 2.45) is 15.7 Å². The Morgan fingerprint density at radius 3 is 2.61 bits per heavy atom. The average molecular weight is 535 g/mol. The molecular weight excluding hydrogens is 511 g/mol. The van der Waals surface area contributed by atoms with Crippen LogP contribution in [0.1, 0.15) is 27.0 Å². The number of benzene rings is 3. The number of fused-ring (bicyclic) bond motifs is 1. The molecule has 0 fully saturated rings. The van der Waals surface area contributed by atoms with Crippen LogP contribution in [0, 0.1) is 5.82 Å². The molecule has 0 aromatic heterocycles. The Morgan fingerprint density at radius 2 is 1.92 bits per heavy atom. The highest BCUT2D eigenvalue weighted by atomic mass is 35.5. The smallest absolute Gasteiger partial charge is 0.339 e. The molecule has 1 aliphatic rings. The molecule has 8 nitrogen and oxygen atoms in total. The standard InChI is InChI=1S/C28H24ClFN4O4/c1-15(33-18-8-10-20(28(35)36)24(12-18)38-3)34-26-16(13-31)14-32-27(21-11-17(29)7-9-19(21)26)25-22(30)5-4-6-23(25)37-2/h4-13,33H,1,14,31H2,2-3H3,(H,35,36)/b16-13-,34-26?. The van der Waals surface area contributed by atoms with Gasteiger partial charge in [-0.3, -0.25) is 4.99 Å². The van der Waals surface area contributed by atoms with Gasteiger partial charge in [-0.1, -0.05) is 30.3 Å². The number of ether oxygens (including phenoxy) is 2. The first kappa shape index (κ1) is 26.4. The topological polar surface area (TPSA) is 119 Å². The summed E-state index contributed by atoms with van der Waals surface area (Å²) in [6.45, 7) is 4.10. The van der Waals surface area contributed by atoms with Gasteiger partial charge in [0.2, 0.25) is 0 Å². The Labute approximate surface area is 223 Å². The minimum absolute atomic E-state index is 0.0196. The lowest BCUT2D eigenvalue weighted by atomic mass is 9.93. The predicted molar refractivity (Wildman–Crippen MR) is 146 cm³/mol. The monoisotopic (exact) mass is 534 g/mol. The molecule has 38 heavy (non-hydrogen) atoms. The lowest BCUT2D eigenvalue weighted by Crippen LogP contribution is -2.14. The number of carboxylic acid groups (broad SMARTS) is 1. The maximum atomic E-state index is 15.1. The maximum Gasteiger partial charge on any atom is 0.339 e. The number of anilines is 1. The summed E-state index contributed by atoms with van der Waals surface area (Å²) in [5.74, 6) is -0.883. The Balaban J connectivity index is 1.80. The van der Waals surface area contributed by atoms with E-state index in [9.17, 15) is 9.90 Å². The van der Waals surface area contributed by atoms with E-state index in [-0.39, 0.29) is 29.2 Å². The maximum absolute atomic E-state index is 15.1. The first-order chi connectivity index (χ1) is 18.3. The van der Waals surface area contributed by atoms with Crippen molar-refractivity contribution in [1.82, 2.24) is 0 Å². The van der Waals surface area contributed by atoms with Crippen molar-refractivity contribution < 1.29 is 23.8 Å². The van der Waals surface area contributed by atoms with Gasteiger partial charge in [0.1, 0.15) is 28.7 Å². The van der Waals surface area contributed by atoms with Crippen LogP contribution in [0.3, 0.4) is 0 Å². The first-order valence-electron chi connectivity index (χ1n) is 11.3. The summed E-state index contributed by atoms with van der Waals surface area (Å²) in [4.78, 5) is 20.8. The number of methoxy groups -OCH3 is 2. The van der Waals surface area contributed by atoms with Gasteiger partial charge in [-0.2, -0.15) is 0 Å². The molecule has 0 atom stereocenters. The van der Waals surface area contributed by atoms with Gasteiger partial charge in [0.25, 0.3) is 0 Å². The fraction of sp³-hybridized carbons (Fsp3) is 0.107. The van der Waals surface area contributed by atoms with E-state index in [1.54, 1.807) is 36.4 Å². The van der Waals surface area contributed by atoms with Gasteiger partial charge >= 0.3 is 5.97 Å². The molecule has 0 saturated carbocycles. The quantitative estimate of drug-likeness (QED) is 0.380. The van der Waals surface area contributed by atoms with Crippen molar-refractivity contribution in [2.75, 3.05) is 26.1 Å². The largest absolute Gasteiger partial charge is 0.496 e. The molecular formula is C28H24ClFN4O4. The van der Waals surface area contributed by atoms with E-state index in [4.69, 9.17) is 26.8 Å². The highest BCUT2D eigenvalue weighted by Gasteiger charge is 2.26. The molecule has 10 heteroatoms. The molecule has 194 valence electrons. The third kappa shape index (κ3) is 5.23. The summed E-state index contributed by atoms with van der Waals surface area (Å²) < 4.78 is 25.7. The molecule has 0 amide bonds. The summed E-state index contributed by atoms with van der Waals surface area (Å²) in [6, 6.07) is 14.2. The zero-order chi connectivity index (χ0) is 27.4. The van der Waals surface area contributed by atoms with E-state index in [2.05, 4.69) is 21.9 Å².